The first kappa shape index (κ1) is 29.5. The van der Waals surface area contributed by atoms with E-state index in [1.54, 1.807) is 18.2 Å². The van der Waals surface area contributed by atoms with Crippen LogP contribution in [0.25, 0.3) is 0 Å². The zero-order valence-electron chi connectivity index (χ0n) is 24.8. The highest BCUT2D eigenvalue weighted by molar-refractivity contribution is 6.25. The maximum Gasteiger partial charge on any atom is 0.264 e. The molecule has 1 aliphatic carbocycles. The molecule has 1 saturated carbocycles. The Balaban J connectivity index is 1.14. The smallest absolute Gasteiger partial charge is 0.264 e. The molecule has 0 radical (unpaired) electrons. The molecular formula is C33H40N4O5. The van der Waals surface area contributed by atoms with E-state index >= 15 is 0 Å². The Bertz CT molecular complexity index is 1440. The van der Waals surface area contributed by atoms with Crippen molar-refractivity contribution in [2.45, 2.75) is 84.7 Å². The fourth-order valence-corrected chi connectivity index (χ4v) is 6.54. The van der Waals surface area contributed by atoms with Crippen LogP contribution in [0.2, 0.25) is 0 Å². The number of benzene rings is 2. The summed E-state index contributed by atoms with van der Waals surface area (Å²) in [6.07, 6.45) is 3.58. The second-order valence-electron chi connectivity index (χ2n) is 12.3. The quantitative estimate of drug-likeness (QED) is 0.404. The standard InChI is InChI=1S/C33H40N4O5/c1-18(2)25-15-22(14-19(3)20(25)4)17-35-30(39)23-10-8-21(9-11-23)16-34-26-7-5-6-24-29(26)33(42)37(32(24)41)27-12-13-28(38)36-31(27)40/h5-7,14-15,18,21,23,27,34H,8-13,16-17H2,1-4H3,(H,35,39)(H,36,38,40). The van der Waals surface area contributed by atoms with E-state index < -0.39 is 29.7 Å². The first-order valence-electron chi connectivity index (χ1n) is 15.0. The molecule has 0 aromatic heterocycles. The van der Waals surface area contributed by atoms with E-state index in [-0.39, 0.29) is 35.8 Å². The molecule has 9 heteroatoms. The van der Waals surface area contributed by atoms with Gasteiger partial charge in [0, 0.05) is 31.1 Å². The lowest BCUT2D eigenvalue weighted by atomic mass is 9.81. The van der Waals surface area contributed by atoms with E-state index in [4.69, 9.17) is 0 Å². The molecule has 2 aromatic carbocycles. The van der Waals surface area contributed by atoms with Crippen molar-refractivity contribution in [2.24, 2.45) is 11.8 Å². The Hall–Kier alpha value is -4.01. The van der Waals surface area contributed by atoms with E-state index in [0.717, 1.165) is 36.1 Å². The van der Waals surface area contributed by atoms with Gasteiger partial charge >= 0.3 is 0 Å². The summed E-state index contributed by atoms with van der Waals surface area (Å²) in [5.41, 5.74) is 6.12. The SMILES string of the molecule is Cc1cc(CNC(=O)C2CCC(CNc3cccc4c3C(=O)N(C3CCC(=O)NC3=O)C4=O)CC2)cc(C(C)C)c1C. The van der Waals surface area contributed by atoms with Crippen molar-refractivity contribution in [3.8, 4) is 0 Å². The van der Waals surface area contributed by atoms with Crippen LogP contribution in [0.4, 0.5) is 5.69 Å². The molecule has 5 rings (SSSR count). The Labute approximate surface area is 246 Å². The van der Waals surface area contributed by atoms with Gasteiger partial charge in [0.25, 0.3) is 11.8 Å². The van der Waals surface area contributed by atoms with Gasteiger partial charge in [-0.1, -0.05) is 32.0 Å². The van der Waals surface area contributed by atoms with Crippen molar-refractivity contribution in [3.63, 3.8) is 0 Å². The summed E-state index contributed by atoms with van der Waals surface area (Å²) in [7, 11) is 0. The Morgan fingerprint density at radius 1 is 1.00 bits per heavy atom. The molecular weight excluding hydrogens is 532 g/mol. The van der Waals surface area contributed by atoms with E-state index in [1.165, 1.54) is 16.7 Å². The van der Waals surface area contributed by atoms with Gasteiger partial charge in [-0.05, 0) is 92.2 Å². The van der Waals surface area contributed by atoms with Gasteiger partial charge in [-0.25, -0.2) is 0 Å². The van der Waals surface area contributed by atoms with Crippen molar-refractivity contribution in [1.82, 2.24) is 15.5 Å². The second-order valence-corrected chi connectivity index (χ2v) is 12.3. The fourth-order valence-electron chi connectivity index (χ4n) is 6.54. The number of carbonyl (C=O) groups is 5. The van der Waals surface area contributed by atoms with E-state index in [2.05, 4.69) is 55.8 Å². The van der Waals surface area contributed by atoms with E-state index in [9.17, 15) is 24.0 Å². The molecule has 3 aliphatic rings. The molecule has 2 fully saturated rings. The van der Waals surface area contributed by atoms with Gasteiger partial charge in [0.05, 0.1) is 11.1 Å². The van der Waals surface area contributed by atoms with Crippen LogP contribution in [0, 0.1) is 25.7 Å². The lowest BCUT2D eigenvalue weighted by molar-refractivity contribution is -0.136. The van der Waals surface area contributed by atoms with Crippen LogP contribution in [0.5, 0.6) is 0 Å². The average Bonchev–Trinajstić information content (AvgIpc) is 3.22. The van der Waals surface area contributed by atoms with Crippen LogP contribution < -0.4 is 16.0 Å². The predicted octanol–water partition coefficient (Wildman–Crippen LogP) is 4.36. The van der Waals surface area contributed by atoms with Gasteiger partial charge in [0.1, 0.15) is 6.04 Å². The normalized spacial score (nSPS) is 22.3. The number of imide groups is 2. The number of piperidine rings is 1. The first-order chi connectivity index (χ1) is 20.0. The van der Waals surface area contributed by atoms with Crippen LogP contribution in [-0.2, 0) is 20.9 Å². The Kier molecular flexibility index (Phi) is 8.48. The second kappa shape index (κ2) is 12.1. The first-order valence-corrected chi connectivity index (χ1v) is 15.0. The number of carbonyl (C=O) groups excluding carboxylic acids is 5. The van der Waals surface area contributed by atoms with Crippen molar-refractivity contribution in [3.05, 3.63) is 63.7 Å². The number of nitrogens with one attached hydrogen (secondary N) is 3. The number of aryl methyl sites for hydroxylation is 1. The minimum absolute atomic E-state index is 0.0142. The fraction of sp³-hybridized carbons (Fsp3) is 0.485. The maximum absolute atomic E-state index is 13.3. The molecule has 1 saturated heterocycles. The number of hydrogen-bond acceptors (Lipinski definition) is 6. The minimum Gasteiger partial charge on any atom is -0.384 e. The number of anilines is 1. The number of fused-ring (bicyclic) bond motifs is 1. The highest BCUT2D eigenvalue weighted by atomic mass is 16.2. The lowest BCUT2D eigenvalue weighted by Gasteiger charge is -2.29. The molecule has 2 heterocycles. The van der Waals surface area contributed by atoms with Crippen LogP contribution >= 0.6 is 0 Å². The van der Waals surface area contributed by atoms with Gasteiger partial charge in [0.2, 0.25) is 17.7 Å². The van der Waals surface area contributed by atoms with Crippen LogP contribution in [0.3, 0.4) is 0 Å². The molecule has 222 valence electrons. The van der Waals surface area contributed by atoms with Gasteiger partial charge in [-0.3, -0.25) is 34.2 Å². The summed E-state index contributed by atoms with van der Waals surface area (Å²) in [6.45, 7) is 9.80. The van der Waals surface area contributed by atoms with Crippen molar-refractivity contribution in [2.75, 3.05) is 11.9 Å². The zero-order valence-corrected chi connectivity index (χ0v) is 24.8. The molecule has 3 N–H and O–H groups in total. The summed E-state index contributed by atoms with van der Waals surface area (Å²) in [6, 6.07) is 8.47. The third-order valence-corrected chi connectivity index (χ3v) is 9.12. The summed E-state index contributed by atoms with van der Waals surface area (Å²) in [4.78, 5) is 64.3. The van der Waals surface area contributed by atoms with Crippen molar-refractivity contribution < 1.29 is 24.0 Å². The summed E-state index contributed by atoms with van der Waals surface area (Å²) < 4.78 is 0. The zero-order chi connectivity index (χ0) is 30.1. The average molecular weight is 573 g/mol. The number of nitrogens with zero attached hydrogens (tertiary/aromatic N) is 1. The van der Waals surface area contributed by atoms with Gasteiger partial charge in [-0.2, -0.15) is 0 Å². The molecule has 1 atom stereocenters. The van der Waals surface area contributed by atoms with Gasteiger partial charge in [-0.15, -0.1) is 0 Å². The minimum atomic E-state index is -0.989. The van der Waals surface area contributed by atoms with E-state index in [1.807, 2.05) is 0 Å². The highest BCUT2D eigenvalue weighted by Crippen LogP contribution is 2.34. The third kappa shape index (κ3) is 5.82. The van der Waals surface area contributed by atoms with Crippen molar-refractivity contribution >= 4 is 35.2 Å². The molecule has 2 aromatic rings. The molecule has 9 nitrogen and oxygen atoms in total. The predicted molar refractivity (Wildman–Crippen MR) is 159 cm³/mol. The van der Waals surface area contributed by atoms with Crippen molar-refractivity contribution in [1.29, 1.82) is 0 Å². The molecule has 2 aliphatic heterocycles. The van der Waals surface area contributed by atoms with E-state index in [0.29, 0.717) is 30.6 Å². The molecule has 0 spiro atoms. The van der Waals surface area contributed by atoms with Gasteiger partial charge in [0.15, 0.2) is 0 Å². The Morgan fingerprint density at radius 2 is 1.74 bits per heavy atom. The van der Waals surface area contributed by atoms with Crippen LogP contribution in [-0.4, -0.2) is 47.0 Å². The molecule has 1 unspecified atom stereocenters. The largest absolute Gasteiger partial charge is 0.384 e. The molecule has 5 amide bonds. The number of rotatable bonds is 8. The molecule has 42 heavy (non-hydrogen) atoms. The topological polar surface area (TPSA) is 125 Å². The number of hydrogen-bond donors (Lipinski definition) is 3. The Morgan fingerprint density at radius 3 is 2.43 bits per heavy atom. The molecule has 0 bridgehead atoms. The lowest BCUT2D eigenvalue weighted by Crippen LogP contribution is -2.54. The maximum atomic E-state index is 13.3. The summed E-state index contributed by atoms with van der Waals surface area (Å²) in [5, 5.41) is 8.75. The highest BCUT2D eigenvalue weighted by Gasteiger charge is 2.45. The summed E-state index contributed by atoms with van der Waals surface area (Å²) >= 11 is 0. The van der Waals surface area contributed by atoms with Crippen LogP contribution in [0.15, 0.2) is 30.3 Å². The number of amides is 5. The summed E-state index contributed by atoms with van der Waals surface area (Å²) in [5.74, 6) is -1.20. The third-order valence-electron chi connectivity index (χ3n) is 9.12. The van der Waals surface area contributed by atoms with Crippen LogP contribution in [0.1, 0.15) is 101 Å². The monoisotopic (exact) mass is 572 g/mol. The van der Waals surface area contributed by atoms with Gasteiger partial charge < -0.3 is 10.6 Å².